The van der Waals surface area contributed by atoms with Gasteiger partial charge in [0.05, 0.1) is 24.4 Å². The van der Waals surface area contributed by atoms with Crippen LogP contribution in [0.2, 0.25) is 0 Å². The van der Waals surface area contributed by atoms with Crippen molar-refractivity contribution in [2.75, 3.05) is 18.5 Å². The molecular formula is C19H14F4N2O4. The van der Waals surface area contributed by atoms with E-state index in [0.717, 1.165) is 30.3 Å². The van der Waals surface area contributed by atoms with Crippen LogP contribution in [0.4, 0.5) is 23.2 Å². The number of halogens is 4. The number of carbonyl (C=O) groups excluding carboxylic acids is 2. The number of benzene rings is 2. The van der Waals surface area contributed by atoms with E-state index in [4.69, 9.17) is 9.84 Å². The molecule has 10 heteroatoms. The Morgan fingerprint density at radius 3 is 2.31 bits per heavy atom. The number of carbonyl (C=O) groups is 2. The van der Waals surface area contributed by atoms with Crippen molar-refractivity contribution in [1.29, 1.82) is 0 Å². The van der Waals surface area contributed by atoms with Gasteiger partial charge in [0.1, 0.15) is 23.0 Å². The van der Waals surface area contributed by atoms with Crippen LogP contribution in [0.15, 0.2) is 54.2 Å². The molecule has 0 aliphatic carbocycles. The predicted molar refractivity (Wildman–Crippen MR) is 93.4 cm³/mol. The third kappa shape index (κ3) is 4.54. The molecule has 0 saturated heterocycles. The van der Waals surface area contributed by atoms with E-state index < -0.39 is 41.7 Å². The maximum absolute atomic E-state index is 13.5. The summed E-state index contributed by atoms with van der Waals surface area (Å²) in [7, 11) is 0. The number of nitrogens with one attached hydrogen (secondary N) is 1. The van der Waals surface area contributed by atoms with Gasteiger partial charge in [-0.25, -0.2) is 4.39 Å². The molecule has 0 radical (unpaired) electrons. The van der Waals surface area contributed by atoms with E-state index >= 15 is 0 Å². The quantitative estimate of drug-likeness (QED) is 0.565. The first-order valence-electron chi connectivity index (χ1n) is 8.29. The summed E-state index contributed by atoms with van der Waals surface area (Å²) in [4.78, 5) is 24.6. The Morgan fingerprint density at radius 1 is 1.03 bits per heavy atom. The van der Waals surface area contributed by atoms with Gasteiger partial charge in [0, 0.05) is 6.08 Å². The third-order valence-corrected chi connectivity index (χ3v) is 3.95. The first-order valence-corrected chi connectivity index (χ1v) is 8.29. The second-order valence-electron chi connectivity index (χ2n) is 5.96. The van der Waals surface area contributed by atoms with Gasteiger partial charge in [0.2, 0.25) is 0 Å². The lowest BCUT2D eigenvalue weighted by molar-refractivity contribution is -0.138. The Labute approximate surface area is 162 Å². The number of hydrogen-bond donors (Lipinski definition) is 2. The van der Waals surface area contributed by atoms with Crippen molar-refractivity contribution in [3.05, 3.63) is 65.6 Å². The smallest absolute Gasteiger partial charge is 0.418 e. The second kappa shape index (κ2) is 7.92. The fourth-order valence-electron chi connectivity index (χ4n) is 2.62. The summed E-state index contributed by atoms with van der Waals surface area (Å²) in [5.41, 5.74) is -1.93. The number of ether oxygens (including phenoxy) is 1. The van der Waals surface area contributed by atoms with Gasteiger partial charge in [-0.1, -0.05) is 0 Å². The lowest BCUT2D eigenvalue weighted by Gasteiger charge is -2.17. The van der Waals surface area contributed by atoms with Crippen LogP contribution in [-0.4, -0.2) is 35.0 Å². The maximum Gasteiger partial charge on any atom is 0.418 e. The molecular weight excluding hydrogens is 396 g/mol. The molecule has 1 aliphatic rings. The zero-order valence-corrected chi connectivity index (χ0v) is 14.7. The predicted octanol–water partition coefficient (Wildman–Crippen LogP) is 3.29. The SMILES string of the molecule is O=C1C=C(Nc2ccc(Oc3ccc(F)cc3)cc2C(F)(F)F)C(=O)N1CCO. The van der Waals surface area contributed by atoms with Crippen LogP contribution in [0.25, 0.3) is 0 Å². The van der Waals surface area contributed by atoms with Crippen LogP contribution in [-0.2, 0) is 15.8 Å². The molecule has 6 nitrogen and oxygen atoms in total. The Kier molecular flexibility index (Phi) is 5.55. The minimum atomic E-state index is -4.79. The van der Waals surface area contributed by atoms with Crippen molar-refractivity contribution in [2.45, 2.75) is 6.18 Å². The van der Waals surface area contributed by atoms with E-state index in [1.807, 2.05) is 0 Å². The van der Waals surface area contributed by atoms with Gasteiger partial charge < -0.3 is 15.2 Å². The lowest BCUT2D eigenvalue weighted by Crippen LogP contribution is -2.34. The molecule has 0 spiro atoms. The Bertz CT molecular complexity index is 971. The summed E-state index contributed by atoms with van der Waals surface area (Å²) >= 11 is 0. The zero-order valence-electron chi connectivity index (χ0n) is 14.7. The fraction of sp³-hybridized carbons (Fsp3) is 0.158. The molecule has 3 rings (SSSR count). The highest BCUT2D eigenvalue weighted by Gasteiger charge is 2.36. The fourth-order valence-corrected chi connectivity index (χ4v) is 2.62. The standard InChI is InChI=1S/C19H14F4N2O4/c20-11-1-3-12(4-2-11)29-13-5-6-15(14(9-13)19(21,22)23)24-16-10-17(27)25(7-8-26)18(16)28/h1-6,9-10,24,26H,7-8H2. The molecule has 2 N–H and O–H groups in total. The number of nitrogens with zero attached hydrogens (tertiary/aromatic N) is 1. The highest BCUT2D eigenvalue weighted by molar-refractivity contribution is 6.17. The van der Waals surface area contributed by atoms with Gasteiger partial charge in [-0.15, -0.1) is 0 Å². The second-order valence-corrected chi connectivity index (χ2v) is 5.96. The summed E-state index contributed by atoms with van der Waals surface area (Å²) in [5, 5.41) is 11.2. The summed E-state index contributed by atoms with van der Waals surface area (Å²) < 4.78 is 58.8. The van der Waals surface area contributed by atoms with Crippen LogP contribution in [0.3, 0.4) is 0 Å². The molecule has 2 amide bonds. The van der Waals surface area contributed by atoms with Crippen molar-refractivity contribution in [3.8, 4) is 11.5 Å². The average molecular weight is 410 g/mol. The normalized spacial score (nSPS) is 14.2. The zero-order chi connectivity index (χ0) is 21.2. The summed E-state index contributed by atoms with van der Waals surface area (Å²) in [6.07, 6.45) is -3.93. The molecule has 0 aromatic heterocycles. The third-order valence-electron chi connectivity index (χ3n) is 3.95. The van der Waals surface area contributed by atoms with Crippen molar-refractivity contribution in [2.24, 2.45) is 0 Å². The minimum Gasteiger partial charge on any atom is -0.457 e. The van der Waals surface area contributed by atoms with Gasteiger partial charge in [0.25, 0.3) is 11.8 Å². The van der Waals surface area contributed by atoms with Crippen LogP contribution >= 0.6 is 0 Å². The number of alkyl halides is 3. The number of aliphatic hydroxyl groups excluding tert-OH is 1. The minimum absolute atomic E-state index is 0.138. The van der Waals surface area contributed by atoms with E-state index in [-0.39, 0.29) is 23.7 Å². The highest BCUT2D eigenvalue weighted by Crippen LogP contribution is 2.39. The number of anilines is 1. The Morgan fingerprint density at radius 2 is 1.69 bits per heavy atom. The number of imide groups is 1. The summed E-state index contributed by atoms with van der Waals surface area (Å²) in [6, 6.07) is 7.73. The first-order chi connectivity index (χ1) is 13.7. The summed E-state index contributed by atoms with van der Waals surface area (Å²) in [5.74, 6) is -2.12. The van der Waals surface area contributed by atoms with Crippen molar-refractivity contribution in [3.63, 3.8) is 0 Å². The molecule has 0 unspecified atom stereocenters. The van der Waals surface area contributed by atoms with E-state index in [1.54, 1.807) is 0 Å². The highest BCUT2D eigenvalue weighted by atomic mass is 19.4. The molecule has 29 heavy (non-hydrogen) atoms. The van der Waals surface area contributed by atoms with Gasteiger partial charge >= 0.3 is 6.18 Å². The van der Waals surface area contributed by atoms with Gasteiger partial charge in [-0.3, -0.25) is 14.5 Å². The van der Waals surface area contributed by atoms with Gasteiger partial charge in [-0.05, 0) is 42.5 Å². The molecule has 152 valence electrons. The Hall–Kier alpha value is -3.40. The Balaban J connectivity index is 1.87. The van der Waals surface area contributed by atoms with Crippen LogP contribution < -0.4 is 10.1 Å². The number of hydrogen-bond acceptors (Lipinski definition) is 5. The molecule has 0 saturated carbocycles. The van der Waals surface area contributed by atoms with Crippen molar-refractivity contribution in [1.82, 2.24) is 4.90 Å². The van der Waals surface area contributed by atoms with Crippen molar-refractivity contribution >= 4 is 17.5 Å². The van der Waals surface area contributed by atoms with Crippen LogP contribution in [0.1, 0.15) is 5.56 Å². The van der Waals surface area contributed by atoms with Crippen LogP contribution in [0, 0.1) is 5.82 Å². The molecule has 0 bridgehead atoms. The lowest BCUT2D eigenvalue weighted by atomic mass is 10.1. The molecule has 1 aliphatic heterocycles. The first kappa shape index (κ1) is 20.3. The van der Waals surface area contributed by atoms with E-state index in [0.29, 0.717) is 4.90 Å². The number of aliphatic hydroxyl groups is 1. The molecule has 2 aromatic rings. The van der Waals surface area contributed by atoms with E-state index in [1.165, 1.54) is 18.2 Å². The molecule has 0 fully saturated rings. The molecule has 2 aromatic carbocycles. The van der Waals surface area contributed by atoms with Gasteiger partial charge in [0.15, 0.2) is 0 Å². The van der Waals surface area contributed by atoms with Crippen molar-refractivity contribution < 1.29 is 37.0 Å². The summed E-state index contributed by atoms with van der Waals surface area (Å²) in [6.45, 7) is -0.738. The largest absolute Gasteiger partial charge is 0.457 e. The number of amides is 2. The molecule has 1 heterocycles. The number of rotatable bonds is 6. The van der Waals surface area contributed by atoms with Crippen LogP contribution in [0.5, 0.6) is 11.5 Å². The van der Waals surface area contributed by atoms with E-state index in [9.17, 15) is 27.2 Å². The maximum atomic E-state index is 13.5. The average Bonchev–Trinajstić information content (AvgIpc) is 2.92. The molecule has 0 atom stereocenters. The number of β-amino-alcohol motifs (C(OH)–C–C–N with tert-alkyl or cyclic N) is 1. The monoisotopic (exact) mass is 410 g/mol. The topological polar surface area (TPSA) is 78.9 Å². The van der Waals surface area contributed by atoms with Gasteiger partial charge in [-0.2, -0.15) is 13.2 Å². The van der Waals surface area contributed by atoms with E-state index in [2.05, 4.69) is 5.32 Å².